The van der Waals surface area contributed by atoms with Gasteiger partial charge in [-0.1, -0.05) is 42.5 Å². The summed E-state index contributed by atoms with van der Waals surface area (Å²) in [7, 11) is 0. The maximum absolute atomic E-state index is 5.68. The molecular formula is C17H23ClN2O. The van der Waals surface area contributed by atoms with E-state index in [9.17, 15) is 0 Å². The molecule has 0 spiro atoms. The van der Waals surface area contributed by atoms with E-state index in [-0.39, 0.29) is 12.4 Å². The van der Waals surface area contributed by atoms with Crippen LogP contribution in [0.4, 0.5) is 0 Å². The lowest BCUT2D eigenvalue weighted by atomic mass is 10.1. The molecule has 0 aliphatic heterocycles. The molecule has 0 atom stereocenters. The van der Waals surface area contributed by atoms with Gasteiger partial charge in [-0.15, -0.1) is 12.4 Å². The minimum atomic E-state index is 0. The highest BCUT2D eigenvalue weighted by Gasteiger charge is 1.98. The Morgan fingerprint density at radius 3 is 2.19 bits per heavy atom. The van der Waals surface area contributed by atoms with Crippen molar-refractivity contribution in [1.29, 1.82) is 0 Å². The summed E-state index contributed by atoms with van der Waals surface area (Å²) in [6, 6.07) is 18.6. The van der Waals surface area contributed by atoms with Crippen molar-refractivity contribution in [1.82, 2.24) is 5.32 Å². The van der Waals surface area contributed by atoms with Crippen molar-refractivity contribution in [2.24, 2.45) is 5.73 Å². The number of nitrogens with one attached hydrogen (secondary N) is 1. The molecular weight excluding hydrogens is 284 g/mol. The van der Waals surface area contributed by atoms with Crippen LogP contribution >= 0.6 is 12.4 Å². The molecule has 0 saturated carbocycles. The van der Waals surface area contributed by atoms with E-state index >= 15 is 0 Å². The summed E-state index contributed by atoms with van der Waals surface area (Å²) in [6.07, 6.45) is 1.01. The molecule has 0 saturated heterocycles. The molecule has 114 valence electrons. The molecule has 0 aromatic heterocycles. The summed E-state index contributed by atoms with van der Waals surface area (Å²) in [5, 5.41) is 3.29. The van der Waals surface area contributed by atoms with Gasteiger partial charge in [-0.05, 0) is 42.8 Å². The lowest BCUT2D eigenvalue weighted by Crippen LogP contribution is -2.23. The topological polar surface area (TPSA) is 47.3 Å². The van der Waals surface area contributed by atoms with Crippen LogP contribution in [-0.2, 0) is 0 Å². The van der Waals surface area contributed by atoms with E-state index < -0.39 is 0 Å². The minimum absolute atomic E-state index is 0. The van der Waals surface area contributed by atoms with Crippen LogP contribution in [0.15, 0.2) is 54.6 Å². The molecule has 0 amide bonds. The average molecular weight is 307 g/mol. The van der Waals surface area contributed by atoms with E-state index in [1.807, 2.05) is 30.3 Å². The van der Waals surface area contributed by atoms with Gasteiger partial charge in [0.15, 0.2) is 0 Å². The molecule has 0 fully saturated rings. The molecule has 0 radical (unpaired) electrons. The Kier molecular flexibility index (Phi) is 8.51. The second-order valence-corrected chi connectivity index (χ2v) is 4.63. The van der Waals surface area contributed by atoms with Crippen LogP contribution in [0.1, 0.15) is 6.42 Å². The Hall–Kier alpha value is -1.55. The summed E-state index contributed by atoms with van der Waals surface area (Å²) in [5.74, 6) is 0.908. The molecule has 2 rings (SSSR count). The average Bonchev–Trinajstić information content (AvgIpc) is 2.52. The Balaban J connectivity index is 0.00000220. The van der Waals surface area contributed by atoms with E-state index in [0.29, 0.717) is 6.61 Å². The van der Waals surface area contributed by atoms with Crippen molar-refractivity contribution >= 4 is 12.4 Å². The smallest absolute Gasteiger partial charge is 0.119 e. The Bertz CT molecular complexity index is 488. The summed E-state index contributed by atoms with van der Waals surface area (Å²) in [6.45, 7) is 3.21. The van der Waals surface area contributed by atoms with Gasteiger partial charge in [0, 0.05) is 6.54 Å². The second kappa shape index (κ2) is 10.2. The van der Waals surface area contributed by atoms with E-state index in [1.165, 1.54) is 11.1 Å². The van der Waals surface area contributed by atoms with Gasteiger partial charge in [0.05, 0.1) is 0 Å². The van der Waals surface area contributed by atoms with Gasteiger partial charge in [-0.25, -0.2) is 0 Å². The van der Waals surface area contributed by atoms with E-state index in [1.54, 1.807) is 0 Å². The molecule has 0 aliphatic carbocycles. The maximum Gasteiger partial charge on any atom is 0.119 e. The van der Waals surface area contributed by atoms with Crippen LogP contribution in [0.2, 0.25) is 0 Å². The van der Waals surface area contributed by atoms with Crippen molar-refractivity contribution in [2.75, 3.05) is 26.2 Å². The van der Waals surface area contributed by atoms with Gasteiger partial charge in [-0.3, -0.25) is 0 Å². The summed E-state index contributed by atoms with van der Waals surface area (Å²) >= 11 is 0. The predicted octanol–water partition coefficient (Wildman–Crippen LogP) is 3.09. The first-order valence-corrected chi connectivity index (χ1v) is 7.09. The third-order valence-corrected chi connectivity index (χ3v) is 3.07. The fourth-order valence-corrected chi connectivity index (χ4v) is 1.97. The third-order valence-electron chi connectivity index (χ3n) is 3.07. The number of nitrogens with two attached hydrogens (primary N) is 1. The Labute approximate surface area is 132 Å². The summed E-state index contributed by atoms with van der Waals surface area (Å²) in [5.41, 5.74) is 7.86. The normalized spacial score (nSPS) is 9.95. The van der Waals surface area contributed by atoms with Gasteiger partial charge < -0.3 is 15.8 Å². The molecule has 2 aromatic carbocycles. The molecule has 4 heteroatoms. The lowest BCUT2D eigenvalue weighted by molar-refractivity contribution is 0.314. The zero-order chi connectivity index (χ0) is 14.0. The molecule has 21 heavy (non-hydrogen) atoms. The van der Waals surface area contributed by atoms with Gasteiger partial charge in [0.2, 0.25) is 0 Å². The molecule has 3 N–H and O–H groups in total. The molecule has 3 nitrogen and oxygen atoms in total. The molecule has 0 bridgehead atoms. The number of halogens is 1. The third kappa shape index (κ3) is 6.17. The monoisotopic (exact) mass is 306 g/mol. The van der Waals surface area contributed by atoms with Crippen LogP contribution in [0.3, 0.4) is 0 Å². The quantitative estimate of drug-likeness (QED) is 0.737. The zero-order valence-corrected chi connectivity index (χ0v) is 12.9. The van der Waals surface area contributed by atoms with E-state index in [0.717, 1.165) is 31.8 Å². The van der Waals surface area contributed by atoms with E-state index in [4.69, 9.17) is 10.5 Å². The van der Waals surface area contributed by atoms with Gasteiger partial charge in [-0.2, -0.15) is 0 Å². The van der Waals surface area contributed by atoms with Crippen molar-refractivity contribution < 1.29 is 4.74 Å². The standard InChI is InChI=1S/C17H22N2O.ClH/c18-11-4-12-19-13-14-20-17-9-7-16(8-10-17)15-5-2-1-3-6-15;/h1-3,5-10,19H,4,11-14,18H2;1H. The zero-order valence-electron chi connectivity index (χ0n) is 12.1. The van der Waals surface area contributed by atoms with Gasteiger partial charge in [0.25, 0.3) is 0 Å². The highest BCUT2D eigenvalue weighted by atomic mass is 35.5. The van der Waals surface area contributed by atoms with Crippen LogP contribution in [0, 0.1) is 0 Å². The lowest BCUT2D eigenvalue weighted by Gasteiger charge is -2.08. The Morgan fingerprint density at radius 2 is 1.52 bits per heavy atom. The maximum atomic E-state index is 5.68. The van der Waals surface area contributed by atoms with Crippen LogP contribution < -0.4 is 15.8 Å². The fraction of sp³-hybridized carbons (Fsp3) is 0.294. The first-order chi connectivity index (χ1) is 9.90. The predicted molar refractivity (Wildman–Crippen MR) is 91.2 cm³/mol. The number of hydrogen-bond acceptors (Lipinski definition) is 3. The summed E-state index contributed by atoms with van der Waals surface area (Å²) < 4.78 is 5.68. The molecule has 0 heterocycles. The SMILES string of the molecule is Cl.NCCCNCCOc1ccc(-c2ccccc2)cc1. The first-order valence-electron chi connectivity index (χ1n) is 7.09. The largest absolute Gasteiger partial charge is 0.492 e. The highest BCUT2D eigenvalue weighted by molar-refractivity contribution is 5.85. The number of hydrogen-bond donors (Lipinski definition) is 2. The molecule has 0 aliphatic rings. The highest BCUT2D eigenvalue weighted by Crippen LogP contribution is 2.21. The minimum Gasteiger partial charge on any atom is -0.492 e. The molecule has 0 unspecified atom stereocenters. The number of benzene rings is 2. The Morgan fingerprint density at radius 1 is 0.857 bits per heavy atom. The second-order valence-electron chi connectivity index (χ2n) is 4.63. The van der Waals surface area contributed by atoms with Crippen LogP contribution in [-0.4, -0.2) is 26.2 Å². The first kappa shape index (κ1) is 17.5. The van der Waals surface area contributed by atoms with Crippen molar-refractivity contribution in [2.45, 2.75) is 6.42 Å². The van der Waals surface area contributed by atoms with Gasteiger partial charge in [0.1, 0.15) is 12.4 Å². The van der Waals surface area contributed by atoms with Gasteiger partial charge >= 0.3 is 0 Å². The fourth-order valence-electron chi connectivity index (χ4n) is 1.97. The van der Waals surface area contributed by atoms with Crippen molar-refractivity contribution in [3.63, 3.8) is 0 Å². The van der Waals surface area contributed by atoms with Crippen molar-refractivity contribution in [3.8, 4) is 16.9 Å². The van der Waals surface area contributed by atoms with Crippen LogP contribution in [0.25, 0.3) is 11.1 Å². The van der Waals surface area contributed by atoms with E-state index in [2.05, 4.69) is 29.6 Å². The van der Waals surface area contributed by atoms with Crippen LogP contribution in [0.5, 0.6) is 5.75 Å². The summed E-state index contributed by atoms with van der Waals surface area (Å²) in [4.78, 5) is 0. The molecule has 2 aromatic rings. The number of ether oxygens (including phenoxy) is 1. The van der Waals surface area contributed by atoms with Crippen molar-refractivity contribution in [3.05, 3.63) is 54.6 Å². The number of rotatable bonds is 8.